The fourth-order valence-corrected chi connectivity index (χ4v) is 0. The fourth-order valence-electron chi connectivity index (χ4n) is 0. The second-order valence-corrected chi connectivity index (χ2v) is 2.00. The van der Waals surface area contributed by atoms with Crippen LogP contribution in [0.4, 0.5) is 0 Å². The molecule has 0 aromatic rings. The van der Waals surface area contributed by atoms with Gasteiger partial charge in [0, 0.05) is 7.06 Å². The first-order valence-electron chi connectivity index (χ1n) is 1.91. The van der Waals surface area contributed by atoms with Crippen LogP contribution in [-0.4, -0.2) is 31.7 Å². The summed E-state index contributed by atoms with van der Waals surface area (Å²) in [5.74, 6) is 0. The minimum atomic E-state index is 1.38. The van der Waals surface area contributed by atoms with Crippen molar-refractivity contribution in [1.29, 1.82) is 0 Å². The minimum absolute atomic E-state index is 1.38. The summed E-state index contributed by atoms with van der Waals surface area (Å²) in [5.41, 5.74) is 0. The lowest BCUT2D eigenvalue weighted by Crippen LogP contribution is -2.00. The van der Waals surface area contributed by atoms with Gasteiger partial charge in [0.2, 0.25) is 0 Å². The number of hydrogen-bond acceptors (Lipinski definition) is 0. The topological polar surface area (TPSA) is 0 Å². The lowest BCUT2D eigenvalue weighted by Gasteiger charge is -1.57. The molecule has 0 aromatic heterocycles. The highest BCUT2D eigenvalue weighted by atomic mass is 28.1. The molecule has 0 radical (unpaired) electrons. The molecule has 0 aromatic carbocycles. The molecule has 0 spiro atoms. The number of rotatable bonds is 1. The van der Waals surface area contributed by atoms with Crippen molar-refractivity contribution in [2.45, 2.75) is 0 Å². The molecule has 0 fully saturated rings. The van der Waals surface area contributed by atoms with Crippen LogP contribution in [0.1, 0.15) is 0 Å². The summed E-state index contributed by atoms with van der Waals surface area (Å²) in [6, 6.07) is 0. The molecule has 0 nitrogen and oxygen atoms in total. The van der Waals surface area contributed by atoms with Crippen LogP contribution in [0.5, 0.6) is 0 Å². The first-order valence-corrected chi connectivity index (χ1v) is 3.33. The van der Waals surface area contributed by atoms with Crippen LogP contribution in [0.15, 0.2) is 0 Å². The van der Waals surface area contributed by atoms with Gasteiger partial charge in [0.15, 0.2) is 0 Å². The highest BCUT2D eigenvalue weighted by molar-refractivity contribution is 7.37. The Morgan fingerprint density at radius 2 is 2.00 bits per heavy atom. The van der Waals surface area contributed by atoms with Gasteiger partial charge < -0.3 is 0 Å². The normalized spacial score (nSPS) is 6.00. The van der Waals surface area contributed by atoms with Crippen molar-refractivity contribution in [3.63, 3.8) is 0 Å². The van der Waals surface area contributed by atoms with E-state index in [1.807, 2.05) is 0 Å². The quantitative estimate of drug-likeness (QED) is 0.281. The van der Waals surface area contributed by atoms with Crippen LogP contribution in [-0.2, 0) is 0 Å². The predicted molar refractivity (Wildman–Crippen MR) is 32.8 cm³/mol. The molecular weight excluding hydrogens is 60.5 g/mol. The van der Waals surface area contributed by atoms with E-state index < -0.39 is 0 Å². The Morgan fingerprint density at radius 3 is 2.00 bits per heavy atom. The van der Waals surface area contributed by atoms with Crippen molar-refractivity contribution >= 4 is 31.7 Å². The van der Waals surface area contributed by atoms with E-state index in [-0.39, 0.29) is 0 Å². The van der Waals surface area contributed by atoms with Crippen LogP contribution in [0.25, 0.3) is 0 Å². The maximum absolute atomic E-state index is 2.22. The highest BCUT2D eigenvalue weighted by Crippen LogP contribution is 1.24. The molecule has 0 amide bonds. The summed E-state index contributed by atoms with van der Waals surface area (Å²) in [7, 11) is 4.99. The van der Waals surface area contributed by atoms with E-state index >= 15 is 0 Å². The van der Waals surface area contributed by atoms with Crippen LogP contribution in [0, 0.1) is 0 Å². The summed E-state index contributed by atoms with van der Waals surface area (Å²) in [5, 5.41) is 0. The summed E-state index contributed by atoms with van der Waals surface area (Å²) in [6.07, 6.45) is 0. The zero-order valence-corrected chi connectivity index (χ0v) is 5.41. The Balaban J connectivity index is 1.97. The number of hydrogen-bond donors (Lipinski definition) is 0. The molecule has 4 heavy (non-hydrogen) atoms. The Labute approximate surface area is 32.6 Å². The van der Waals surface area contributed by atoms with Crippen molar-refractivity contribution in [3.8, 4) is 0 Å². The molecule has 0 atom stereocenters. The second-order valence-electron chi connectivity index (χ2n) is 1.000. The summed E-state index contributed by atoms with van der Waals surface area (Å²) >= 11 is 0. The van der Waals surface area contributed by atoms with Gasteiger partial charge in [0.1, 0.15) is 0 Å². The van der Waals surface area contributed by atoms with E-state index in [9.17, 15) is 0 Å². The molecule has 0 aliphatic carbocycles. The summed E-state index contributed by atoms with van der Waals surface area (Å²) in [4.78, 5) is 0. The van der Waals surface area contributed by atoms with E-state index in [2.05, 4.69) is 7.74 Å². The predicted octanol–water partition coefficient (Wildman–Crippen LogP) is -3.40. The van der Waals surface area contributed by atoms with Crippen molar-refractivity contribution in [2.24, 2.45) is 0 Å². The Morgan fingerprint density at radius 1 is 1.75 bits per heavy atom. The smallest absolute Gasteiger partial charge is 0.0347 e. The Hall–Kier alpha value is 0.412. The van der Waals surface area contributed by atoms with Gasteiger partial charge >= 0.3 is 0 Å². The molecular formula is H7B3Si. The van der Waals surface area contributed by atoms with E-state index in [1.54, 1.807) is 0 Å². The third kappa shape index (κ3) is 2.41. The average Bonchev–Trinajstić information content (AvgIpc) is 1.37. The monoisotopic (exact) mass is 68.1 g/mol. The molecule has 0 heterocycles. The van der Waals surface area contributed by atoms with Gasteiger partial charge in [0.05, 0.1) is 14.5 Å². The standard InChI is InChI=1S/B3H7Si/c1-2-3-4/h2-3H,1H2,4H3. The van der Waals surface area contributed by atoms with Gasteiger partial charge in [-0.2, -0.15) is 0 Å². The molecule has 0 bridgehead atoms. The Kier molecular flexibility index (Phi) is 3.76. The molecule has 0 rings (SSSR count). The van der Waals surface area contributed by atoms with Gasteiger partial charge in [0.25, 0.3) is 0 Å². The maximum atomic E-state index is 2.22. The van der Waals surface area contributed by atoms with Crippen molar-refractivity contribution in [3.05, 3.63) is 0 Å². The van der Waals surface area contributed by atoms with Crippen molar-refractivity contribution in [2.75, 3.05) is 0 Å². The van der Waals surface area contributed by atoms with E-state index in [0.29, 0.717) is 0 Å². The van der Waals surface area contributed by atoms with Crippen molar-refractivity contribution in [1.82, 2.24) is 0 Å². The minimum Gasteiger partial charge on any atom is -0.0347 e. The van der Waals surface area contributed by atoms with Crippen LogP contribution in [0.2, 0.25) is 0 Å². The van der Waals surface area contributed by atoms with E-state index in [4.69, 9.17) is 0 Å². The molecule has 0 aliphatic rings. The van der Waals surface area contributed by atoms with Crippen molar-refractivity contribution < 1.29 is 0 Å². The van der Waals surface area contributed by atoms with Gasteiger partial charge in [-0.3, -0.25) is 0 Å². The van der Waals surface area contributed by atoms with E-state index in [0.717, 1.165) is 0 Å². The van der Waals surface area contributed by atoms with Gasteiger partial charge in [-0.25, -0.2) is 0 Å². The Bertz CT molecular complexity index is 5.25. The fraction of sp³-hybridized carbons (Fsp3) is 0. The van der Waals surface area contributed by atoms with Gasteiger partial charge in [-0.15, -0.1) is 0 Å². The lowest BCUT2D eigenvalue weighted by molar-refractivity contribution is 4.14. The van der Waals surface area contributed by atoms with Crippen LogP contribution >= 0.6 is 0 Å². The summed E-state index contributed by atoms with van der Waals surface area (Å²) < 4.78 is 0. The molecule has 0 aliphatic heterocycles. The molecule has 4 heteroatoms. The first kappa shape index (κ1) is 4.41. The molecule has 0 N–H and O–H groups in total. The average molecular weight is 67.6 g/mol. The summed E-state index contributed by atoms with van der Waals surface area (Å²) in [6.45, 7) is 1.46. The first-order chi connectivity index (χ1) is 1.91. The largest absolute Gasteiger partial charge is 0.0639 e. The van der Waals surface area contributed by atoms with E-state index in [1.165, 1.54) is 23.9 Å². The van der Waals surface area contributed by atoms with Gasteiger partial charge in [-0.1, -0.05) is 0 Å². The second kappa shape index (κ2) is 3.41. The SMILES string of the molecule is BBB[SiH3]. The zero-order valence-electron chi connectivity index (χ0n) is 3.41. The van der Waals surface area contributed by atoms with Crippen LogP contribution in [0.3, 0.4) is 0 Å². The third-order valence-corrected chi connectivity index (χ3v) is 1.50. The molecule has 0 saturated heterocycles. The molecule has 20 valence electrons. The molecule has 0 unspecified atom stereocenters. The zero-order chi connectivity index (χ0) is 3.41. The van der Waals surface area contributed by atoms with Crippen LogP contribution < -0.4 is 0 Å². The maximum Gasteiger partial charge on any atom is 0.0639 e. The highest BCUT2D eigenvalue weighted by Gasteiger charge is 1.66. The molecule has 0 saturated carbocycles. The third-order valence-electron chi connectivity index (χ3n) is 0.500. The van der Waals surface area contributed by atoms with Gasteiger partial charge in [-0.05, 0) is 10.1 Å². The lowest BCUT2D eigenvalue weighted by atomic mass is 9.38.